The second-order valence-corrected chi connectivity index (χ2v) is 4.31. The molecule has 0 aliphatic heterocycles. The molecule has 0 aromatic carbocycles. The third-order valence-electron chi connectivity index (χ3n) is 2.19. The minimum atomic E-state index is -0.993. The van der Waals surface area contributed by atoms with Crippen LogP contribution in [0, 0.1) is 0 Å². The molecule has 0 radical (unpaired) electrons. The van der Waals surface area contributed by atoms with Gasteiger partial charge in [-0.25, -0.2) is 9.78 Å². The van der Waals surface area contributed by atoms with Crippen LogP contribution >= 0.6 is 0 Å². The number of hydrogen-bond donors (Lipinski definition) is 0. The zero-order valence-corrected chi connectivity index (χ0v) is 12.8. The normalized spacial score (nSPS) is 14.8. The van der Waals surface area contributed by atoms with Gasteiger partial charge in [-0.2, -0.15) is 0 Å². The molecule has 6 nitrogen and oxygen atoms in total. The van der Waals surface area contributed by atoms with Gasteiger partial charge in [0.25, 0.3) is 5.97 Å². The van der Waals surface area contributed by atoms with Crippen LogP contribution in [0.2, 0.25) is 0 Å². The highest BCUT2D eigenvalue weighted by Crippen LogP contribution is 2.21. The molecule has 1 atom stereocenters. The first-order chi connectivity index (χ1) is 9.10. The average Bonchev–Trinajstić information content (AvgIpc) is 2.39. The fourth-order valence-electron chi connectivity index (χ4n) is 1.37. The highest BCUT2D eigenvalue weighted by molar-refractivity contribution is 4.57. The van der Waals surface area contributed by atoms with Gasteiger partial charge in [0.05, 0.1) is 19.3 Å². The van der Waals surface area contributed by atoms with Gasteiger partial charge >= 0.3 is 0 Å². The van der Waals surface area contributed by atoms with Crippen LogP contribution in [0.1, 0.15) is 47.0 Å². The van der Waals surface area contributed by atoms with Crippen LogP contribution in [0.25, 0.3) is 0 Å². The Morgan fingerprint density at radius 1 is 1.05 bits per heavy atom. The average molecular weight is 280 g/mol. The molecular weight excluding hydrogens is 252 g/mol. The first-order valence-electron chi connectivity index (χ1n) is 6.88. The molecule has 1 unspecified atom stereocenters. The summed E-state index contributed by atoms with van der Waals surface area (Å²) in [6.07, 6.45) is 2.09. The third-order valence-corrected chi connectivity index (χ3v) is 2.19. The van der Waals surface area contributed by atoms with Crippen LogP contribution in [0.15, 0.2) is 0 Å². The predicted molar refractivity (Wildman–Crippen MR) is 70.1 cm³/mol. The second-order valence-electron chi connectivity index (χ2n) is 4.31. The van der Waals surface area contributed by atoms with Crippen molar-refractivity contribution in [3.63, 3.8) is 0 Å². The van der Waals surface area contributed by atoms with E-state index in [-0.39, 0.29) is 6.10 Å². The Balaban J connectivity index is 3.90. The van der Waals surface area contributed by atoms with Crippen LogP contribution in [0.3, 0.4) is 0 Å². The highest BCUT2D eigenvalue weighted by atomic mass is 17.5. The lowest BCUT2D eigenvalue weighted by Crippen LogP contribution is -2.39. The molecule has 19 heavy (non-hydrogen) atoms. The van der Waals surface area contributed by atoms with E-state index in [4.69, 9.17) is 24.0 Å². The van der Waals surface area contributed by atoms with Crippen molar-refractivity contribution in [2.45, 2.75) is 59.0 Å². The van der Waals surface area contributed by atoms with Gasteiger partial charge in [-0.1, -0.05) is 12.0 Å². The standard InChI is InChI=1S/C13H28O6/c1-6-10-16-13(14-5,15-7-2)9-8-11-17-19-18-12(3)4/h12H,6-11H2,1-5H3. The van der Waals surface area contributed by atoms with Crippen LogP contribution in [0.5, 0.6) is 0 Å². The van der Waals surface area contributed by atoms with E-state index in [1.165, 1.54) is 0 Å². The summed E-state index contributed by atoms with van der Waals surface area (Å²) in [6.45, 7) is 9.12. The summed E-state index contributed by atoms with van der Waals surface area (Å²) in [7, 11) is 1.57. The summed E-state index contributed by atoms with van der Waals surface area (Å²) in [5, 5.41) is 4.56. The fourth-order valence-corrected chi connectivity index (χ4v) is 1.37. The van der Waals surface area contributed by atoms with Crippen molar-refractivity contribution >= 4 is 0 Å². The minimum Gasteiger partial charge on any atom is -0.331 e. The van der Waals surface area contributed by atoms with E-state index in [9.17, 15) is 0 Å². The van der Waals surface area contributed by atoms with Crippen molar-refractivity contribution in [3.05, 3.63) is 0 Å². The van der Waals surface area contributed by atoms with Gasteiger partial charge in [-0.05, 0) is 33.6 Å². The largest absolute Gasteiger partial charge is 0.331 e. The van der Waals surface area contributed by atoms with Crippen molar-refractivity contribution < 1.29 is 29.0 Å². The molecule has 0 saturated carbocycles. The Morgan fingerprint density at radius 3 is 2.32 bits per heavy atom. The second kappa shape index (κ2) is 11.6. The van der Waals surface area contributed by atoms with Gasteiger partial charge in [0.15, 0.2) is 0 Å². The summed E-state index contributed by atoms with van der Waals surface area (Å²) in [6, 6.07) is 0. The maximum absolute atomic E-state index is 5.64. The molecule has 0 aliphatic carbocycles. The molecule has 116 valence electrons. The van der Waals surface area contributed by atoms with Gasteiger partial charge in [0.2, 0.25) is 0 Å². The van der Waals surface area contributed by atoms with Crippen LogP contribution in [-0.4, -0.2) is 39.0 Å². The quantitative estimate of drug-likeness (QED) is 0.224. The minimum absolute atomic E-state index is 0.0330. The molecule has 0 fully saturated rings. The fraction of sp³-hybridized carbons (Fsp3) is 1.00. The molecule has 0 amide bonds. The van der Waals surface area contributed by atoms with E-state index >= 15 is 0 Å². The zero-order valence-electron chi connectivity index (χ0n) is 12.8. The Hall–Kier alpha value is -0.240. The molecule has 0 rings (SSSR count). The van der Waals surface area contributed by atoms with Crippen LogP contribution in [0.4, 0.5) is 0 Å². The summed E-state index contributed by atoms with van der Waals surface area (Å²) >= 11 is 0. The first-order valence-corrected chi connectivity index (χ1v) is 6.88. The zero-order chi connectivity index (χ0) is 14.6. The highest BCUT2D eigenvalue weighted by Gasteiger charge is 2.31. The molecular formula is C13H28O6. The van der Waals surface area contributed by atoms with E-state index in [2.05, 4.69) is 5.04 Å². The monoisotopic (exact) mass is 280 g/mol. The molecule has 0 saturated heterocycles. The summed E-state index contributed by atoms with van der Waals surface area (Å²) in [5.74, 6) is -0.993. The molecule has 0 heterocycles. The lowest BCUT2D eigenvalue weighted by Gasteiger charge is -2.31. The van der Waals surface area contributed by atoms with E-state index in [1.807, 2.05) is 27.7 Å². The molecule has 0 bridgehead atoms. The maximum Gasteiger partial charge on any atom is 0.282 e. The molecule has 0 aromatic rings. The van der Waals surface area contributed by atoms with Crippen molar-refractivity contribution in [1.82, 2.24) is 0 Å². The van der Waals surface area contributed by atoms with Gasteiger partial charge in [-0.15, -0.1) is 0 Å². The maximum atomic E-state index is 5.64. The van der Waals surface area contributed by atoms with Gasteiger partial charge in [0, 0.05) is 20.1 Å². The van der Waals surface area contributed by atoms with E-state index in [0.717, 1.165) is 6.42 Å². The molecule has 0 spiro atoms. The van der Waals surface area contributed by atoms with Crippen molar-refractivity contribution in [2.24, 2.45) is 0 Å². The van der Waals surface area contributed by atoms with Gasteiger partial charge in [-0.3, -0.25) is 0 Å². The first kappa shape index (κ1) is 18.8. The predicted octanol–water partition coefficient (Wildman–Crippen LogP) is 2.82. The Labute approximate surface area is 116 Å². The number of ether oxygens (including phenoxy) is 3. The third kappa shape index (κ3) is 9.32. The van der Waals surface area contributed by atoms with Crippen LogP contribution in [-0.2, 0) is 29.0 Å². The van der Waals surface area contributed by atoms with Crippen molar-refractivity contribution in [2.75, 3.05) is 26.9 Å². The number of rotatable bonds is 13. The molecule has 0 aliphatic rings. The summed E-state index contributed by atoms with van der Waals surface area (Å²) < 4.78 is 16.5. The Kier molecular flexibility index (Phi) is 11.4. The Bertz CT molecular complexity index is 200. The van der Waals surface area contributed by atoms with E-state index in [0.29, 0.717) is 32.7 Å². The lowest BCUT2D eigenvalue weighted by atomic mass is 10.3. The number of hydrogen-bond acceptors (Lipinski definition) is 6. The van der Waals surface area contributed by atoms with Crippen molar-refractivity contribution in [1.29, 1.82) is 0 Å². The van der Waals surface area contributed by atoms with E-state index in [1.54, 1.807) is 7.11 Å². The Morgan fingerprint density at radius 2 is 1.79 bits per heavy atom. The smallest absolute Gasteiger partial charge is 0.282 e. The van der Waals surface area contributed by atoms with Gasteiger partial charge < -0.3 is 14.2 Å². The summed E-state index contributed by atoms with van der Waals surface area (Å²) in [5.41, 5.74) is 0. The van der Waals surface area contributed by atoms with Crippen LogP contribution < -0.4 is 0 Å². The molecule has 0 aromatic heterocycles. The van der Waals surface area contributed by atoms with Gasteiger partial charge in [0.1, 0.15) is 0 Å². The topological polar surface area (TPSA) is 55.4 Å². The SMILES string of the molecule is CCCOC(CCCOOOC(C)C)(OC)OCC. The molecule has 6 heteroatoms. The lowest BCUT2D eigenvalue weighted by molar-refractivity contribution is -0.524. The number of methoxy groups -OCH3 is 1. The van der Waals surface area contributed by atoms with E-state index < -0.39 is 5.97 Å². The summed E-state index contributed by atoms with van der Waals surface area (Å²) in [4.78, 5) is 9.67. The molecule has 0 N–H and O–H groups in total. The van der Waals surface area contributed by atoms with Crippen molar-refractivity contribution in [3.8, 4) is 0 Å².